The lowest BCUT2D eigenvalue weighted by molar-refractivity contribution is -0.254. The highest BCUT2D eigenvalue weighted by Crippen LogP contribution is 2.34. The Morgan fingerprint density at radius 1 is 1.20 bits per heavy atom. The number of aliphatic hydroxyl groups is 1. The van der Waals surface area contributed by atoms with Gasteiger partial charge in [0, 0.05) is 0 Å². The topological polar surface area (TPSA) is 91.3 Å². The van der Waals surface area contributed by atoms with Crippen LogP contribution in [-0.4, -0.2) is 47.8 Å². The summed E-state index contributed by atoms with van der Waals surface area (Å²) in [4.78, 5) is 24.1. The van der Waals surface area contributed by atoms with Gasteiger partial charge in [0.2, 0.25) is 6.29 Å². The second kappa shape index (κ2) is 6.74. The van der Waals surface area contributed by atoms with E-state index in [0.29, 0.717) is 0 Å². The van der Waals surface area contributed by atoms with Gasteiger partial charge in [0.25, 0.3) is 0 Å². The van der Waals surface area contributed by atoms with Crippen LogP contribution < -0.4 is 0 Å². The summed E-state index contributed by atoms with van der Waals surface area (Å²) in [6, 6.07) is 9.36. The van der Waals surface area contributed by atoms with Crippen LogP contribution in [0.5, 0.6) is 0 Å². The van der Waals surface area contributed by atoms with Gasteiger partial charge in [0.1, 0.15) is 12.2 Å². The summed E-state index contributed by atoms with van der Waals surface area (Å²) in [5, 5.41) is 10.4. The molecule has 0 saturated carbocycles. The molecule has 7 nitrogen and oxygen atoms in total. The molecule has 0 spiro atoms. The van der Waals surface area contributed by atoms with Crippen LogP contribution in [0.4, 0.5) is 0 Å². The SMILES string of the molecule is CC(C)(C)C(=O)O[C@H]1[C@H]2OC(=O)[C@H](O2)[C@H](O)[C@@H]1OCc1ccccc1. The van der Waals surface area contributed by atoms with Gasteiger partial charge in [-0.3, -0.25) is 4.79 Å². The summed E-state index contributed by atoms with van der Waals surface area (Å²) in [5.74, 6) is -1.18. The van der Waals surface area contributed by atoms with Crippen LogP contribution in [0, 0.1) is 5.41 Å². The number of hydrogen-bond donors (Lipinski definition) is 1. The van der Waals surface area contributed by atoms with Gasteiger partial charge in [-0.15, -0.1) is 0 Å². The van der Waals surface area contributed by atoms with E-state index in [1.807, 2.05) is 30.3 Å². The minimum absolute atomic E-state index is 0.194. The lowest BCUT2D eigenvalue weighted by Gasteiger charge is -2.37. The van der Waals surface area contributed by atoms with Crippen LogP contribution in [0.3, 0.4) is 0 Å². The molecule has 2 fully saturated rings. The number of carbonyl (C=O) groups is 2. The molecule has 0 aliphatic carbocycles. The fourth-order valence-corrected chi connectivity index (χ4v) is 2.68. The number of hydrogen-bond acceptors (Lipinski definition) is 7. The Balaban J connectivity index is 1.78. The molecular formula is C18H22O7. The molecule has 3 rings (SSSR count). The zero-order chi connectivity index (χ0) is 18.2. The minimum Gasteiger partial charge on any atom is -0.452 e. The average Bonchev–Trinajstić information content (AvgIpc) is 2.91. The van der Waals surface area contributed by atoms with E-state index in [9.17, 15) is 14.7 Å². The van der Waals surface area contributed by atoms with E-state index in [0.717, 1.165) is 5.56 Å². The first-order chi connectivity index (χ1) is 11.8. The number of ether oxygens (including phenoxy) is 4. The van der Waals surface area contributed by atoms with E-state index in [1.165, 1.54) is 0 Å². The van der Waals surface area contributed by atoms with E-state index >= 15 is 0 Å². The van der Waals surface area contributed by atoms with Crippen molar-refractivity contribution in [1.29, 1.82) is 0 Å². The van der Waals surface area contributed by atoms with Crippen LogP contribution in [0.25, 0.3) is 0 Å². The Morgan fingerprint density at radius 2 is 1.88 bits per heavy atom. The molecule has 7 heteroatoms. The molecule has 2 aliphatic heterocycles. The Labute approximate surface area is 145 Å². The quantitative estimate of drug-likeness (QED) is 0.815. The first-order valence-electron chi connectivity index (χ1n) is 8.18. The Kier molecular flexibility index (Phi) is 4.81. The molecular weight excluding hydrogens is 328 g/mol. The van der Waals surface area contributed by atoms with Gasteiger partial charge in [-0.1, -0.05) is 30.3 Å². The summed E-state index contributed by atoms with van der Waals surface area (Å²) >= 11 is 0. The number of carbonyl (C=O) groups excluding carboxylic acids is 2. The summed E-state index contributed by atoms with van der Waals surface area (Å²) < 4.78 is 21.7. The van der Waals surface area contributed by atoms with Gasteiger partial charge in [-0.05, 0) is 26.3 Å². The summed E-state index contributed by atoms with van der Waals surface area (Å²) in [6.07, 6.45) is -5.45. The van der Waals surface area contributed by atoms with Crippen molar-refractivity contribution in [2.24, 2.45) is 5.41 Å². The number of benzene rings is 1. The maximum Gasteiger partial charge on any atom is 0.340 e. The van der Waals surface area contributed by atoms with E-state index < -0.39 is 48.1 Å². The van der Waals surface area contributed by atoms with Gasteiger partial charge in [-0.2, -0.15) is 0 Å². The van der Waals surface area contributed by atoms with Gasteiger partial charge in [0.15, 0.2) is 12.2 Å². The molecule has 2 heterocycles. The first-order valence-corrected chi connectivity index (χ1v) is 8.18. The molecule has 2 bridgehead atoms. The Bertz CT molecular complexity index is 637. The van der Waals surface area contributed by atoms with E-state index in [1.54, 1.807) is 20.8 Å². The second-order valence-corrected chi connectivity index (χ2v) is 7.23. The van der Waals surface area contributed by atoms with Crippen molar-refractivity contribution in [3.63, 3.8) is 0 Å². The molecule has 136 valence electrons. The highest BCUT2D eigenvalue weighted by Gasteiger charge is 2.58. The summed E-state index contributed by atoms with van der Waals surface area (Å²) in [5.41, 5.74) is 0.135. The Hall–Kier alpha value is -1.96. The first kappa shape index (κ1) is 17.8. The molecule has 1 aromatic rings. The van der Waals surface area contributed by atoms with Crippen LogP contribution in [0.2, 0.25) is 0 Å². The number of rotatable bonds is 4. The van der Waals surface area contributed by atoms with Crippen LogP contribution in [-0.2, 0) is 35.1 Å². The molecule has 2 saturated heterocycles. The lowest BCUT2D eigenvalue weighted by Crippen LogP contribution is -2.57. The van der Waals surface area contributed by atoms with E-state index in [4.69, 9.17) is 18.9 Å². The van der Waals surface area contributed by atoms with Crippen molar-refractivity contribution in [2.45, 2.75) is 58.1 Å². The summed E-state index contributed by atoms with van der Waals surface area (Å²) in [7, 11) is 0. The normalized spacial score (nSPS) is 31.5. The number of aliphatic hydroxyl groups excluding tert-OH is 1. The van der Waals surface area contributed by atoms with E-state index in [-0.39, 0.29) is 6.61 Å². The second-order valence-electron chi connectivity index (χ2n) is 7.23. The molecule has 5 atom stereocenters. The van der Waals surface area contributed by atoms with Crippen LogP contribution in [0.15, 0.2) is 30.3 Å². The van der Waals surface area contributed by atoms with Crippen molar-refractivity contribution in [3.05, 3.63) is 35.9 Å². The number of esters is 2. The predicted octanol–water partition coefficient (Wildman–Crippen LogP) is 1.17. The minimum atomic E-state index is -1.28. The van der Waals surface area contributed by atoms with E-state index in [2.05, 4.69) is 0 Å². The van der Waals surface area contributed by atoms with Crippen LogP contribution >= 0.6 is 0 Å². The van der Waals surface area contributed by atoms with Crippen molar-refractivity contribution >= 4 is 11.9 Å². The molecule has 0 radical (unpaired) electrons. The third kappa shape index (κ3) is 3.68. The average molecular weight is 350 g/mol. The maximum atomic E-state index is 12.3. The third-order valence-corrected chi connectivity index (χ3v) is 4.12. The zero-order valence-corrected chi connectivity index (χ0v) is 14.4. The van der Waals surface area contributed by atoms with Crippen molar-refractivity contribution in [1.82, 2.24) is 0 Å². The largest absolute Gasteiger partial charge is 0.452 e. The molecule has 1 N–H and O–H groups in total. The highest BCUT2D eigenvalue weighted by molar-refractivity contribution is 5.78. The van der Waals surface area contributed by atoms with Gasteiger partial charge >= 0.3 is 11.9 Å². The predicted molar refractivity (Wildman–Crippen MR) is 85.1 cm³/mol. The van der Waals surface area contributed by atoms with Crippen molar-refractivity contribution < 1.29 is 33.6 Å². The molecule has 0 unspecified atom stereocenters. The monoisotopic (exact) mass is 350 g/mol. The maximum absolute atomic E-state index is 12.3. The van der Waals surface area contributed by atoms with Gasteiger partial charge in [-0.25, -0.2) is 4.79 Å². The Morgan fingerprint density at radius 3 is 2.52 bits per heavy atom. The van der Waals surface area contributed by atoms with Crippen molar-refractivity contribution in [3.8, 4) is 0 Å². The zero-order valence-electron chi connectivity index (χ0n) is 14.4. The molecule has 25 heavy (non-hydrogen) atoms. The standard InChI is InChI=1S/C18H22O7/c1-18(2,3)17(21)24-14-12(22-9-10-7-5-4-6-8-10)11(19)13-15(20)25-16(14)23-13/h4-8,11-14,16,19H,9H2,1-3H3/t11-,12+,13-,14-,16-/m1/s1. The molecule has 1 aromatic carbocycles. The van der Waals surface area contributed by atoms with Crippen molar-refractivity contribution in [2.75, 3.05) is 0 Å². The molecule has 0 amide bonds. The number of fused-ring (bicyclic) bond motifs is 2. The fourth-order valence-electron chi connectivity index (χ4n) is 2.68. The van der Waals surface area contributed by atoms with Gasteiger partial charge < -0.3 is 24.1 Å². The smallest absolute Gasteiger partial charge is 0.340 e. The van der Waals surface area contributed by atoms with Gasteiger partial charge in [0.05, 0.1) is 12.0 Å². The van der Waals surface area contributed by atoms with Crippen LogP contribution in [0.1, 0.15) is 26.3 Å². The lowest BCUT2D eigenvalue weighted by atomic mass is 9.96. The molecule has 2 aliphatic rings. The summed E-state index contributed by atoms with van der Waals surface area (Å²) in [6.45, 7) is 5.32. The fraction of sp³-hybridized carbons (Fsp3) is 0.556. The molecule has 0 aromatic heterocycles. The third-order valence-electron chi connectivity index (χ3n) is 4.12. The highest BCUT2D eigenvalue weighted by atomic mass is 16.8.